The molecule has 2 amide bonds. The number of halogens is 1. The van der Waals surface area contributed by atoms with Gasteiger partial charge in [-0.05, 0) is 61.9 Å². The van der Waals surface area contributed by atoms with Crippen molar-refractivity contribution in [2.24, 2.45) is 11.7 Å². The third-order valence-electron chi connectivity index (χ3n) is 6.22. The fourth-order valence-corrected chi connectivity index (χ4v) is 4.50. The molecule has 1 aromatic heterocycles. The van der Waals surface area contributed by atoms with E-state index in [2.05, 4.69) is 22.3 Å². The van der Waals surface area contributed by atoms with Gasteiger partial charge in [-0.25, -0.2) is 14.2 Å². The predicted molar refractivity (Wildman–Crippen MR) is 129 cm³/mol. The molecule has 32 heavy (non-hydrogen) atoms. The van der Waals surface area contributed by atoms with Crippen LogP contribution in [0.4, 0.5) is 26.4 Å². The number of nitrogens with two attached hydrogens (primary N) is 1. The molecule has 1 saturated carbocycles. The van der Waals surface area contributed by atoms with Crippen LogP contribution in [0.15, 0.2) is 54.6 Å². The number of hydrogen-bond donors (Lipinski definition) is 2. The number of carbonyl (C=O) groups excluding carboxylic acids is 1. The van der Waals surface area contributed by atoms with Crippen molar-refractivity contribution in [1.82, 2.24) is 4.98 Å². The van der Waals surface area contributed by atoms with Gasteiger partial charge in [-0.15, -0.1) is 0 Å². The molecule has 1 heterocycles. The summed E-state index contributed by atoms with van der Waals surface area (Å²) in [7, 11) is 4.09. The monoisotopic (exact) mass is 435 g/mol. The Labute approximate surface area is 188 Å². The molecule has 3 N–H and O–H groups in total. The van der Waals surface area contributed by atoms with Crippen LogP contribution in [0.25, 0.3) is 10.9 Å². The van der Waals surface area contributed by atoms with Gasteiger partial charge in [-0.1, -0.05) is 18.2 Å². The first-order chi connectivity index (χ1) is 15.4. The second-order valence-electron chi connectivity index (χ2n) is 8.73. The molecular weight excluding hydrogens is 405 g/mol. The number of hydrogen-bond acceptors (Lipinski definition) is 4. The van der Waals surface area contributed by atoms with Crippen molar-refractivity contribution >= 4 is 34.1 Å². The minimum Gasteiger partial charge on any atom is -0.377 e. The van der Waals surface area contributed by atoms with Gasteiger partial charge >= 0.3 is 6.03 Å². The summed E-state index contributed by atoms with van der Waals surface area (Å²) in [6, 6.07) is 16.0. The third kappa shape index (κ3) is 4.93. The zero-order valence-corrected chi connectivity index (χ0v) is 18.6. The Morgan fingerprint density at radius 1 is 1.09 bits per heavy atom. The molecule has 0 spiro atoms. The number of primary amides is 1. The van der Waals surface area contributed by atoms with Crippen LogP contribution < -0.4 is 20.9 Å². The quantitative estimate of drug-likeness (QED) is 0.572. The number of nitrogens with one attached hydrogen (secondary N) is 1. The maximum Gasteiger partial charge on any atom is 0.319 e. The second-order valence-corrected chi connectivity index (χ2v) is 8.73. The highest BCUT2D eigenvalue weighted by atomic mass is 19.1. The fraction of sp³-hybridized carbons (Fsp3) is 0.360. The molecule has 6 nitrogen and oxygen atoms in total. The number of para-hydroxylation sites is 1. The van der Waals surface area contributed by atoms with E-state index in [9.17, 15) is 9.18 Å². The highest BCUT2D eigenvalue weighted by Gasteiger charge is 2.25. The zero-order chi connectivity index (χ0) is 22.7. The normalized spacial score (nSPS) is 18.3. The van der Waals surface area contributed by atoms with Gasteiger partial charge in [0.2, 0.25) is 0 Å². The van der Waals surface area contributed by atoms with E-state index in [1.165, 1.54) is 12.1 Å². The summed E-state index contributed by atoms with van der Waals surface area (Å²) in [6.07, 6.45) is 3.95. The highest BCUT2D eigenvalue weighted by molar-refractivity contribution is 5.93. The van der Waals surface area contributed by atoms with Crippen LogP contribution in [0.1, 0.15) is 25.7 Å². The number of carbonyl (C=O) groups is 1. The summed E-state index contributed by atoms with van der Waals surface area (Å²) in [5.41, 5.74) is 8.36. The van der Waals surface area contributed by atoms with Crippen molar-refractivity contribution in [2.45, 2.75) is 31.7 Å². The summed E-state index contributed by atoms with van der Waals surface area (Å²) >= 11 is 0. The topological polar surface area (TPSA) is 74.5 Å². The van der Waals surface area contributed by atoms with Gasteiger partial charge in [0.25, 0.3) is 0 Å². The van der Waals surface area contributed by atoms with E-state index in [0.717, 1.165) is 48.1 Å². The maximum absolute atomic E-state index is 13.2. The first kappa shape index (κ1) is 21.9. The van der Waals surface area contributed by atoms with E-state index < -0.39 is 6.03 Å². The minimum atomic E-state index is -0.506. The van der Waals surface area contributed by atoms with Crippen molar-refractivity contribution in [2.75, 3.05) is 35.8 Å². The summed E-state index contributed by atoms with van der Waals surface area (Å²) in [4.78, 5) is 20.5. The van der Waals surface area contributed by atoms with E-state index in [1.807, 2.05) is 32.3 Å². The Bertz CT molecular complexity index is 1080. The molecule has 0 radical (unpaired) electrons. The lowest BCUT2D eigenvalue weighted by atomic mass is 9.85. The molecule has 4 rings (SSSR count). The Balaban J connectivity index is 1.39. The average molecular weight is 436 g/mol. The van der Waals surface area contributed by atoms with E-state index in [-0.39, 0.29) is 5.82 Å². The number of benzene rings is 2. The lowest BCUT2D eigenvalue weighted by Gasteiger charge is -2.33. The SMILES string of the molecule is CN(C)c1cc(NC2CCC(CN(C(N)=O)c3ccc(F)cc3)CC2)nc2ccccc12. The molecule has 0 aliphatic heterocycles. The summed E-state index contributed by atoms with van der Waals surface area (Å²) in [6.45, 7) is 0.548. The molecule has 0 unspecified atom stereocenters. The van der Waals surface area contributed by atoms with Gasteiger partial charge in [0, 0.05) is 49.5 Å². The molecule has 1 aliphatic rings. The van der Waals surface area contributed by atoms with Gasteiger partial charge < -0.3 is 16.0 Å². The molecular formula is C25H30FN5O. The van der Waals surface area contributed by atoms with Crippen LogP contribution in [-0.2, 0) is 0 Å². The second kappa shape index (κ2) is 9.42. The third-order valence-corrected chi connectivity index (χ3v) is 6.22. The van der Waals surface area contributed by atoms with Crippen molar-refractivity contribution in [1.29, 1.82) is 0 Å². The number of aromatic nitrogens is 1. The number of fused-ring (bicyclic) bond motifs is 1. The summed E-state index contributed by atoms with van der Waals surface area (Å²) in [5.74, 6) is 0.915. The van der Waals surface area contributed by atoms with Crippen LogP contribution in [-0.4, -0.2) is 37.7 Å². The molecule has 1 fully saturated rings. The van der Waals surface area contributed by atoms with E-state index in [0.29, 0.717) is 24.2 Å². The van der Waals surface area contributed by atoms with E-state index in [4.69, 9.17) is 10.7 Å². The molecule has 0 bridgehead atoms. The lowest BCUT2D eigenvalue weighted by molar-refractivity contribution is 0.250. The number of urea groups is 1. The molecule has 2 aromatic carbocycles. The van der Waals surface area contributed by atoms with E-state index in [1.54, 1.807) is 17.0 Å². The lowest BCUT2D eigenvalue weighted by Crippen LogP contribution is -2.41. The Morgan fingerprint density at radius 2 is 1.78 bits per heavy atom. The van der Waals surface area contributed by atoms with Crippen molar-refractivity contribution in [3.63, 3.8) is 0 Å². The molecule has 3 aromatic rings. The largest absolute Gasteiger partial charge is 0.377 e. The zero-order valence-electron chi connectivity index (χ0n) is 18.6. The van der Waals surface area contributed by atoms with Crippen molar-refractivity contribution < 1.29 is 9.18 Å². The number of amides is 2. The summed E-state index contributed by atoms with van der Waals surface area (Å²) < 4.78 is 13.2. The standard InChI is InChI=1S/C25H30FN5O/c1-30(2)23-15-24(29-22-6-4-3-5-21(22)23)28-19-11-7-17(8-12-19)16-31(25(27)32)20-13-9-18(26)10-14-20/h3-6,9-10,13-15,17,19H,7-8,11-12,16H2,1-2H3,(H2,27,32)(H,28,29). The molecule has 7 heteroatoms. The first-order valence-corrected chi connectivity index (χ1v) is 11.1. The van der Waals surface area contributed by atoms with Crippen LogP contribution in [0.5, 0.6) is 0 Å². The number of anilines is 3. The van der Waals surface area contributed by atoms with Gasteiger partial charge in [0.15, 0.2) is 0 Å². The van der Waals surface area contributed by atoms with Crippen molar-refractivity contribution in [3.05, 3.63) is 60.4 Å². The highest BCUT2D eigenvalue weighted by Crippen LogP contribution is 2.31. The van der Waals surface area contributed by atoms with Crippen LogP contribution in [0, 0.1) is 11.7 Å². The van der Waals surface area contributed by atoms with Gasteiger partial charge in [-0.3, -0.25) is 4.90 Å². The molecule has 0 saturated heterocycles. The number of nitrogens with zero attached hydrogens (tertiary/aromatic N) is 3. The molecule has 168 valence electrons. The van der Waals surface area contributed by atoms with Crippen LogP contribution in [0.2, 0.25) is 0 Å². The number of pyridine rings is 1. The van der Waals surface area contributed by atoms with E-state index >= 15 is 0 Å². The number of rotatable bonds is 6. The Morgan fingerprint density at radius 3 is 2.44 bits per heavy atom. The predicted octanol–water partition coefficient (Wildman–Crippen LogP) is 5.00. The van der Waals surface area contributed by atoms with Gasteiger partial charge in [0.1, 0.15) is 11.6 Å². The first-order valence-electron chi connectivity index (χ1n) is 11.1. The molecule has 0 atom stereocenters. The van der Waals surface area contributed by atoms with Crippen LogP contribution in [0.3, 0.4) is 0 Å². The Kier molecular flexibility index (Phi) is 6.44. The maximum atomic E-state index is 13.2. The van der Waals surface area contributed by atoms with Crippen LogP contribution >= 0.6 is 0 Å². The van der Waals surface area contributed by atoms with Crippen molar-refractivity contribution in [3.8, 4) is 0 Å². The average Bonchev–Trinajstić information content (AvgIpc) is 2.78. The smallest absolute Gasteiger partial charge is 0.319 e. The van der Waals surface area contributed by atoms with Gasteiger partial charge in [-0.2, -0.15) is 0 Å². The Hall–Kier alpha value is -3.35. The van der Waals surface area contributed by atoms with Gasteiger partial charge in [0.05, 0.1) is 5.52 Å². The fourth-order valence-electron chi connectivity index (χ4n) is 4.50. The summed E-state index contributed by atoms with van der Waals surface area (Å²) in [5, 5.41) is 4.76. The minimum absolute atomic E-state index is 0.329. The molecule has 1 aliphatic carbocycles.